The minimum absolute atomic E-state index is 0.0570. The molecule has 1 heterocycles. The Morgan fingerprint density at radius 1 is 1.00 bits per heavy atom. The van der Waals surface area contributed by atoms with E-state index in [9.17, 15) is 14.9 Å². The molecule has 0 aliphatic heterocycles. The first kappa shape index (κ1) is 25.7. The van der Waals surface area contributed by atoms with E-state index in [-0.39, 0.29) is 56.6 Å². The van der Waals surface area contributed by atoms with Crippen molar-refractivity contribution in [1.29, 1.82) is 5.26 Å². The van der Waals surface area contributed by atoms with Gasteiger partial charge in [-0.1, -0.05) is 60.1 Å². The van der Waals surface area contributed by atoms with Crippen molar-refractivity contribution in [2.24, 2.45) is 44.8 Å². The number of carbonyl (C=O) groups is 2. The number of nitrogens with zero attached hydrogens (tertiary/aromatic N) is 3. The van der Waals surface area contributed by atoms with Gasteiger partial charge in [-0.05, 0) is 79.1 Å². The first-order valence-corrected chi connectivity index (χ1v) is 14.4. The van der Waals surface area contributed by atoms with Crippen LogP contribution in [0.2, 0.25) is 0 Å². The maximum atomic E-state index is 14.5. The number of hydrogen-bond donors (Lipinski definition) is 0. The van der Waals surface area contributed by atoms with Gasteiger partial charge in [0, 0.05) is 16.7 Å². The number of rotatable bonds is 1. The largest absolute Gasteiger partial charge is 0.427 e. The molecule has 7 unspecified atom stereocenters. The summed E-state index contributed by atoms with van der Waals surface area (Å²) >= 11 is 0. The van der Waals surface area contributed by atoms with Gasteiger partial charge in [0.25, 0.3) is 0 Å². The van der Waals surface area contributed by atoms with Crippen molar-refractivity contribution >= 4 is 11.6 Å². The van der Waals surface area contributed by atoms with E-state index in [0.717, 1.165) is 50.5 Å². The molecule has 6 rings (SSSR count). The maximum absolute atomic E-state index is 14.5. The Hall–Kier alpha value is -2.55. The lowest BCUT2D eigenvalue weighted by Gasteiger charge is -2.68. The number of ketones is 2. The van der Waals surface area contributed by atoms with Gasteiger partial charge in [0.05, 0.1) is 11.0 Å². The maximum Gasteiger partial charge on any atom is 0.222 e. The lowest BCUT2D eigenvalue weighted by Crippen LogP contribution is -2.65. The van der Waals surface area contributed by atoms with Gasteiger partial charge >= 0.3 is 0 Å². The Labute approximate surface area is 226 Å². The molecular formula is C32H41N3O3. The molecule has 38 heavy (non-hydrogen) atoms. The highest BCUT2D eigenvalue weighted by molar-refractivity contribution is 6.04. The third-order valence-corrected chi connectivity index (χ3v) is 12.6. The topological polar surface area (TPSA) is 96.8 Å². The zero-order chi connectivity index (χ0) is 27.5. The van der Waals surface area contributed by atoms with E-state index in [4.69, 9.17) is 4.42 Å². The number of Topliss-reactive ketones (excluding diaryl/α,β-unsaturated/α-hetero) is 1. The van der Waals surface area contributed by atoms with Crippen LogP contribution in [0, 0.1) is 56.2 Å². The first-order valence-electron chi connectivity index (χ1n) is 14.4. The van der Waals surface area contributed by atoms with Crippen LogP contribution >= 0.6 is 0 Å². The minimum atomic E-state index is -0.648. The van der Waals surface area contributed by atoms with Crippen LogP contribution in [-0.2, 0) is 15.0 Å². The van der Waals surface area contributed by atoms with Crippen LogP contribution < -0.4 is 0 Å². The lowest BCUT2D eigenvalue weighted by molar-refractivity contribution is -0.161. The summed E-state index contributed by atoms with van der Waals surface area (Å²) in [4.78, 5) is 27.7. The van der Waals surface area contributed by atoms with E-state index in [2.05, 4.69) is 50.9 Å². The van der Waals surface area contributed by atoms with Crippen LogP contribution in [0.4, 0.5) is 0 Å². The molecule has 5 aliphatic rings. The van der Waals surface area contributed by atoms with E-state index in [1.807, 2.05) is 26.0 Å². The van der Waals surface area contributed by atoms with Gasteiger partial charge in [0.15, 0.2) is 11.6 Å². The average Bonchev–Trinajstić information content (AvgIpc) is 3.38. The zero-order valence-electron chi connectivity index (χ0n) is 24.0. The summed E-state index contributed by atoms with van der Waals surface area (Å²) in [5.41, 5.74) is -0.355. The predicted octanol–water partition coefficient (Wildman–Crippen LogP) is 6.54. The Balaban J connectivity index is 1.54. The zero-order valence-corrected chi connectivity index (χ0v) is 24.0. The molecule has 0 N–H and O–H groups in total. The highest BCUT2D eigenvalue weighted by Crippen LogP contribution is 2.74. The summed E-state index contributed by atoms with van der Waals surface area (Å²) in [5.74, 6) is 0.903. The quantitative estimate of drug-likeness (QED) is 0.421. The third-order valence-electron chi connectivity index (χ3n) is 12.6. The van der Waals surface area contributed by atoms with E-state index in [0.29, 0.717) is 5.89 Å². The summed E-state index contributed by atoms with van der Waals surface area (Å²) in [7, 11) is 0. The molecule has 3 fully saturated rings. The molecule has 0 bridgehead atoms. The van der Waals surface area contributed by atoms with E-state index in [1.54, 1.807) is 0 Å². The molecule has 3 saturated carbocycles. The predicted molar refractivity (Wildman–Crippen MR) is 142 cm³/mol. The van der Waals surface area contributed by atoms with Gasteiger partial charge in [0.1, 0.15) is 6.07 Å². The van der Waals surface area contributed by atoms with Gasteiger partial charge in [-0.15, -0.1) is 10.2 Å². The van der Waals surface area contributed by atoms with Crippen molar-refractivity contribution < 1.29 is 14.0 Å². The summed E-state index contributed by atoms with van der Waals surface area (Å²) in [5, 5.41) is 18.4. The summed E-state index contributed by atoms with van der Waals surface area (Å²) in [6.45, 7) is 15.5. The van der Waals surface area contributed by atoms with Crippen molar-refractivity contribution in [2.45, 2.75) is 98.8 Å². The highest BCUT2D eigenvalue weighted by Gasteiger charge is 2.70. The van der Waals surface area contributed by atoms with Crippen molar-refractivity contribution in [3.05, 3.63) is 35.6 Å². The summed E-state index contributed by atoms with van der Waals surface area (Å²) in [6, 6.07) is 2.20. The normalized spacial score (nSPS) is 44.9. The molecule has 0 radical (unpaired) electrons. The Bertz CT molecular complexity index is 1330. The fourth-order valence-electron chi connectivity index (χ4n) is 10.4. The second kappa shape index (κ2) is 7.55. The lowest BCUT2D eigenvalue weighted by atomic mass is 9.34. The number of carbonyl (C=O) groups excluding carboxylic acids is 2. The van der Waals surface area contributed by atoms with Crippen LogP contribution in [0.1, 0.15) is 99.3 Å². The van der Waals surface area contributed by atoms with Gasteiger partial charge in [0.2, 0.25) is 12.3 Å². The van der Waals surface area contributed by atoms with Gasteiger partial charge in [-0.2, -0.15) is 5.26 Å². The van der Waals surface area contributed by atoms with E-state index < -0.39 is 10.8 Å². The van der Waals surface area contributed by atoms with Gasteiger partial charge < -0.3 is 4.42 Å². The molecule has 6 heteroatoms. The minimum Gasteiger partial charge on any atom is -0.427 e. The summed E-state index contributed by atoms with van der Waals surface area (Å²) < 4.78 is 5.91. The number of allylic oxidation sites excluding steroid dienone is 4. The second-order valence-electron chi connectivity index (χ2n) is 15.2. The number of nitriles is 1. The fourth-order valence-corrected chi connectivity index (χ4v) is 10.4. The Morgan fingerprint density at radius 3 is 2.37 bits per heavy atom. The van der Waals surface area contributed by atoms with Gasteiger partial charge in [-0.25, -0.2) is 0 Å². The van der Waals surface area contributed by atoms with Crippen molar-refractivity contribution in [2.75, 3.05) is 0 Å². The molecule has 5 aliphatic carbocycles. The fraction of sp³-hybridized carbons (Fsp3) is 0.719. The molecule has 1 aromatic heterocycles. The monoisotopic (exact) mass is 515 g/mol. The molecule has 6 nitrogen and oxygen atoms in total. The van der Waals surface area contributed by atoms with Crippen LogP contribution in [0.3, 0.4) is 0 Å². The SMILES string of the molecule is CC1(C)CCC2(c3nnco3)CCC3(C)C(C(=O)C=C4C5(C)C=C(C#N)C(=O)C(C)(C)C5CCC43C)C2C1. The molecule has 202 valence electrons. The van der Waals surface area contributed by atoms with Crippen LogP contribution in [0.5, 0.6) is 0 Å². The molecular weight excluding hydrogens is 474 g/mol. The average molecular weight is 516 g/mol. The molecule has 0 saturated heterocycles. The molecule has 1 aromatic rings. The molecule has 7 atom stereocenters. The van der Waals surface area contributed by atoms with Crippen LogP contribution in [0.25, 0.3) is 0 Å². The smallest absolute Gasteiger partial charge is 0.222 e. The third kappa shape index (κ3) is 2.94. The van der Waals surface area contributed by atoms with Crippen LogP contribution in [0.15, 0.2) is 34.1 Å². The first-order chi connectivity index (χ1) is 17.7. The molecule has 0 amide bonds. The van der Waals surface area contributed by atoms with E-state index in [1.165, 1.54) is 6.39 Å². The Kier molecular flexibility index (Phi) is 5.11. The highest BCUT2D eigenvalue weighted by atomic mass is 16.4. The second-order valence-corrected chi connectivity index (χ2v) is 15.2. The van der Waals surface area contributed by atoms with Crippen molar-refractivity contribution in [3.8, 4) is 6.07 Å². The van der Waals surface area contributed by atoms with Crippen molar-refractivity contribution in [3.63, 3.8) is 0 Å². The van der Waals surface area contributed by atoms with E-state index >= 15 is 0 Å². The number of hydrogen-bond acceptors (Lipinski definition) is 6. The number of aromatic nitrogens is 2. The van der Waals surface area contributed by atoms with Gasteiger partial charge in [-0.3, -0.25) is 9.59 Å². The van der Waals surface area contributed by atoms with Crippen LogP contribution in [-0.4, -0.2) is 21.8 Å². The molecule has 0 aromatic carbocycles. The Morgan fingerprint density at radius 2 is 1.71 bits per heavy atom. The molecule has 0 spiro atoms. The standard InChI is InChI=1S/C32H41N3O3/c1-27(2)10-12-32(26-35-34-18-38-26)13-11-31(7)24(20(32)16-27)21(36)14-23-29(5)15-19(17-33)25(37)28(3,4)22(29)8-9-30(23,31)6/h14-15,18,20,22,24H,8-13,16H2,1-7H3. The summed E-state index contributed by atoms with van der Waals surface area (Å²) in [6.07, 6.45) is 12.0. The number of fused-ring (bicyclic) bond motifs is 7. The van der Waals surface area contributed by atoms with Crippen molar-refractivity contribution in [1.82, 2.24) is 10.2 Å².